The second kappa shape index (κ2) is 12.6. The number of rotatable bonds is 7. The summed E-state index contributed by atoms with van der Waals surface area (Å²) in [7, 11) is -2.75. The van der Waals surface area contributed by atoms with Gasteiger partial charge in [-0.05, 0) is 74.2 Å². The lowest BCUT2D eigenvalue weighted by Gasteiger charge is -2.31. The van der Waals surface area contributed by atoms with Gasteiger partial charge in [-0.3, -0.25) is 4.98 Å². The minimum Gasteiger partial charge on any atom is -0.310 e. The number of fused-ring (bicyclic) bond motifs is 3. The Morgan fingerprint density at radius 2 is 0.840 bits per heavy atom. The predicted molar refractivity (Wildman–Crippen MR) is 212 cm³/mol. The summed E-state index contributed by atoms with van der Waals surface area (Å²) in [6.07, 6.45) is 1.97. The first-order chi connectivity index (χ1) is 24.8. The van der Waals surface area contributed by atoms with Crippen LogP contribution >= 0.6 is 0 Å². The molecule has 0 N–H and O–H groups in total. The third kappa shape index (κ3) is 4.90. The second-order valence-electron chi connectivity index (χ2n) is 12.7. The van der Waals surface area contributed by atoms with Crippen LogP contribution in [0, 0.1) is 0 Å². The molecule has 7 aromatic carbocycles. The molecule has 236 valence electrons. The van der Waals surface area contributed by atoms with Crippen molar-refractivity contribution in [2.24, 2.45) is 0 Å². The zero-order valence-corrected chi connectivity index (χ0v) is 28.5. The Hall–Kier alpha value is -6.29. The van der Waals surface area contributed by atoms with E-state index in [0.717, 1.165) is 17.1 Å². The van der Waals surface area contributed by atoms with Gasteiger partial charge in [-0.2, -0.15) is 0 Å². The summed E-state index contributed by atoms with van der Waals surface area (Å²) in [6, 6.07) is 72.6. The quantitative estimate of drug-likeness (QED) is 0.159. The number of nitrogens with zero attached hydrogens (tertiary/aromatic N) is 2. The van der Waals surface area contributed by atoms with Crippen molar-refractivity contribution in [1.82, 2.24) is 4.98 Å². The molecule has 9 rings (SSSR count). The second-order valence-corrected chi connectivity index (χ2v) is 16.4. The van der Waals surface area contributed by atoms with E-state index in [4.69, 9.17) is 4.98 Å². The molecule has 1 aliphatic rings. The fraction of sp³-hybridized carbons (Fsp3) is 0. The van der Waals surface area contributed by atoms with E-state index in [-0.39, 0.29) is 0 Å². The van der Waals surface area contributed by atoms with Crippen LogP contribution in [0.5, 0.6) is 0 Å². The summed E-state index contributed by atoms with van der Waals surface area (Å²) in [6.45, 7) is 0. The van der Waals surface area contributed by atoms with E-state index in [1.807, 2.05) is 6.20 Å². The Balaban J connectivity index is 1.29. The summed E-state index contributed by atoms with van der Waals surface area (Å²) in [4.78, 5) is 7.69. The third-order valence-corrected chi connectivity index (χ3v) is 14.7. The van der Waals surface area contributed by atoms with Gasteiger partial charge in [0.2, 0.25) is 8.07 Å². The molecule has 3 heteroatoms. The first-order valence-electron chi connectivity index (χ1n) is 17.1. The lowest BCUT2D eigenvalue weighted by molar-refractivity contribution is 1.29. The molecule has 0 amide bonds. The van der Waals surface area contributed by atoms with Gasteiger partial charge in [-0.25, -0.2) is 0 Å². The molecule has 2 nitrogen and oxygen atoms in total. The molecule has 0 bridgehead atoms. The fourth-order valence-electron chi connectivity index (χ4n) is 7.78. The minimum absolute atomic E-state index is 1.11. The molecule has 1 aromatic heterocycles. The number of pyridine rings is 1. The van der Waals surface area contributed by atoms with E-state index in [1.54, 1.807) is 0 Å². The van der Waals surface area contributed by atoms with Crippen LogP contribution in [-0.4, -0.2) is 13.1 Å². The molecule has 0 aliphatic carbocycles. The van der Waals surface area contributed by atoms with Gasteiger partial charge in [0, 0.05) is 34.0 Å². The van der Waals surface area contributed by atoms with Crippen LogP contribution in [0.1, 0.15) is 0 Å². The highest BCUT2D eigenvalue weighted by molar-refractivity contribution is 7.21. The molecule has 8 aromatic rings. The molecule has 0 saturated carbocycles. The maximum Gasteiger partial charge on any atom is 0.203 e. The van der Waals surface area contributed by atoms with Gasteiger partial charge in [0.15, 0.2) is 0 Å². The summed E-state index contributed by atoms with van der Waals surface area (Å²) < 4.78 is 0. The third-order valence-electron chi connectivity index (χ3n) is 10.00. The zero-order chi connectivity index (χ0) is 33.3. The Bertz CT molecular complexity index is 2270. The maximum atomic E-state index is 5.26. The molecular formula is C47H34N2Si. The van der Waals surface area contributed by atoms with Crippen molar-refractivity contribution in [3.05, 3.63) is 206 Å². The molecule has 2 heterocycles. The van der Waals surface area contributed by atoms with Gasteiger partial charge in [-0.15, -0.1) is 0 Å². The average Bonchev–Trinajstić information content (AvgIpc) is 3.52. The fourth-order valence-corrected chi connectivity index (χ4v) is 12.8. The van der Waals surface area contributed by atoms with E-state index in [9.17, 15) is 0 Å². The molecule has 0 unspecified atom stereocenters. The lowest BCUT2D eigenvalue weighted by atomic mass is 10.0. The smallest absolute Gasteiger partial charge is 0.203 e. The predicted octanol–water partition coefficient (Wildman–Crippen LogP) is 9.24. The van der Waals surface area contributed by atoms with E-state index >= 15 is 0 Å². The highest BCUT2D eigenvalue weighted by atomic mass is 28.3. The van der Waals surface area contributed by atoms with Crippen LogP contribution in [-0.2, 0) is 0 Å². The van der Waals surface area contributed by atoms with Gasteiger partial charge >= 0.3 is 0 Å². The van der Waals surface area contributed by atoms with Crippen LogP contribution in [0.25, 0.3) is 33.4 Å². The zero-order valence-electron chi connectivity index (χ0n) is 27.5. The SMILES string of the molecule is c1ccc(-c2ccc(N(c3ccc(-c4ccccc4)cc3)c3cccc4c3-c3cccnc3[Si]4(c3ccccc3)c3ccccc3)cc2)cc1. The van der Waals surface area contributed by atoms with E-state index < -0.39 is 8.07 Å². The molecule has 50 heavy (non-hydrogen) atoms. The minimum atomic E-state index is -2.75. The van der Waals surface area contributed by atoms with Crippen molar-refractivity contribution in [2.75, 3.05) is 4.90 Å². The van der Waals surface area contributed by atoms with Gasteiger partial charge < -0.3 is 4.90 Å². The number of benzene rings is 7. The van der Waals surface area contributed by atoms with Crippen molar-refractivity contribution >= 4 is 46.0 Å². The summed E-state index contributed by atoms with van der Waals surface area (Å²) in [5.41, 5.74) is 10.6. The summed E-state index contributed by atoms with van der Waals surface area (Å²) >= 11 is 0. The van der Waals surface area contributed by atoms with Crippen molar-refractivity contribution in [3.63, 3.8) is 0 Å². The van der Waals surface area contributed by atoms with Crippen LogP contribution in [0.4, 0.5) is 17.1 Å². The number of anilines is 3. The van der Waals surface area contributed by atoms with Crippen LogP contribution in [0.15, 0.2) is 206 Å². The standard InChI is InChI=1S/C47H34N2Si/c1-5-15-35(16-6-1)37-26-30-39(31-27-37)49(40-32-28-38(29-33-40)36-17-7-2-8-18-36)44-24-13-25-45-46(44)43-23-14-34-48-47(43)50(45,41-19-9-3-10-20-41)42-21-11-4-12-22-42/h1-34H. The van der Waals surface area contributed by atoms with Crippen molar-refractivity contribution in [2.45, 2.75) is 0 Å². The van der Waals surface area contributed by atoms with Crippen molar-refractivity contribution in [3.8, 4) is 33.4 Å². The van der Waals surface area contributed by atoms with Crippen LogP contribution < -0.4 is 25.8 Å². The molecule has 0 saturated heterocycles. The number of hydrogen-bond acceptors (Lipinski definition) is 2. The normalized spacial score (nSPS) is 12.6. The van der Waals surface area contributed by atoms with E-state index in [2.05, 4.69) is 205 Å². The Morgan fingerprint density at radius 3 is 1.34 bits per heavy atom. The first-order valence-corrected chi connectivity index (χ1v) is 19.1. The Labute approximate surface area is 294 Å². The largest absolute Gasteiger partial charge is 0.310 e. The van der Waals surface area contributed by atoms with Gasteiger partial charge in [0.05, 0.1) is 5.69 Å². The molecule has 0 atom stereocenters. The van der Waals surface area contributed by atoms with Crippen molar-refractivity contribution < 1.29 is 0 Å². The summed E-state index contributed by atoms with van der Waals surface area (Å²) in [5.74, 6) is 0. The molecule has 0 spiro atoms. The van der Waals surface area contributed by atoms with Gasteiger partial charge in [0.1, 0.15) is 0 Å². The highest BCUT2D eigenvalue weighted by Gasteiger charge is 2.51. The summed E-state index contributed by atoms with van der Waals surface area (Å²) in [5, 5.41) is 5.24. The van der Waals surface area contributed by atoms with Crippen LogP contribution in [0.2, 0.25) is 0 Å². The highest BCUT2D eigenvalue weighted by Crippen LogP contribution is 2.43. The molecular weight excluding hydrogens is 621 g/mol. The van der Waals surface area contributed by atoms with Gasteiger partial charge in [0.25, 0.3) is 0 Å². The Morgan fingerprint density at radius 1 is 0.380 bits per heavy atom. The monoisotopic (exact) mass is 654 g/mol. The maximum absolute atomic E-state index is 5.26. The average molecular weight is 655 g/mol. The topological polar surface area (TPSA) is 16.1 Å². The number of hydrogen-bond donors (Lipinski definition) is 0. The van der Waals surface area contributed by atoms with Gasteiger partial charge in [-0.1, -0.05) is 164 Å². The molecule has 0 radical (unpaired) electrons. The van der Waals surface area contributed by atoms with E-state index in [1.165, 1.54) is 54.3 Å². The van der Waals surface area contributed by atoms with Crippen LogP contribution in [0.3, 0.4) is 0 Å². The molecule has 1 aliphatic heterocycles. The van der Waals surface area contributed by atoms with Crippen molar-refractivity contribution in [1.29, 1.82) is 0 Å². The molecule has 0 fully saturated rings. The lowest BCUT2D eigenvalue weighted by Crippen LogP contribution is -2.73. The Kier molecular flexibility index (Phi) is 7.53. The number of aromatic nitrogens is 1. The van der Waals surface area contributed by atoms with E-state index in [0.29, 0.717) is 0 Å². The first kappa shape index (κ1) is 29.8.